The lowest BCUT2D eigenvalue weighted by Crippen LogP contribution is -2.18. The first-order valence-corrected chi connectivity index (χ1v) is 2.57. The fraction of sp³-hybridized carbons (Fsp3) is 0. The van der Waals surface area contributed by atoms with Gasteiger partial charge in [0.1, 0.15) is 5.69 Å². The Morgan fingerprint density at radius 1 is 1.55 bits per heavy atom. The Morgan fingerprint density at radius 2 is 2.18 bits per heavy atom. The van der Waals surface area contributed by atoms with Crippen molar-refractivity contribution in [1.82, 2.24) is 4.98 Å². The van der Waals surface area contributed by atoms with Crippen molar-refractivity contribution in [3.63, 3.8) is 0 Å². The topological polar surface area (TPSA) is 100 Å². The number of carboxylic acids is 1. The van der Waals surface area contributed by atoms with Gasteiger partial charge < -0.3 is 9.52 Å². The molecule has 6 nitrogen and oxygen atoms in total. The fourth-order valence-electron chi connectivity index (χ4n) is 0.525. The summed E-state index contributed by atoms with van der Waals surface area (Å²) in [5, 5.41) is 8.28. The predicted molar refractivity (Wildman–Crippen MR) is 32.6 cm³/mol. The number of hydrogen-bond donors (Lipinski definition) is 2. The minimum absolute atomic E-state index is 0.480. The van der Waals surface area contributed by atoms with E-state index in [4.69, 9.17) is 5.11 Å². The minimum atomic E-state index is -1.38. The first-order chi connectivity index (χ1) is 5.09. The van der Waals surface area contributed by atoms with Gasteiger partial charge >= 0.3 is 17.4 Å². The molecule has 58 valence electrons. The summed E-state index contributed by atoms with van der Waals surface area (Å²) >= 11 is 0. The van der Waals surface area contributed by atoms with Gasteiger partial charge in [-0.2, -0.15) is 0 Å². The van der Waals surface area contributed by atoms with Gasteiger partial charge in [-0.15, -0.1) is 0 Å². The molecule has 0 aliphatic heterocycles. The molecule has 0 saturated heterocycles. The highest BCUT2D eigenvalue weighted by molar-refractivity contribution is 5.84. The molecule has 11 heavy (non-hydrogen) atoms. The zero-order valence-electron chi connectivity index (χ0n) is 5.16. The fourth-order valence-corrected chi connectivity index (χ4v) is 0.525. The van der Waals surface area contributed by atoms with E-state index in [0.29, 0.717) is 6.07 Å². The smallest absolute Gasteiger partial charge is 0.419 e. The third-order valence-corrected chi connectivity index (χ3v) is 0.923. The van der Waals surface area contributed by atoms with Gasteiger partial charge in [-0.25, -0.2) is 14.4 Å². The molecule has 0 saturated carbocycles. The molecule has 0 atom stereocenters. The van der Waals surface area contributed by atoms with E-state index in [1.165, 1.54) is 0 Å². The van der Waals surface area contributed by atoms with Crippen molar-refractivity contribution in [3.05, 3.63) is 32.7 Å². The van der Waals surface area contributed by atoms with Crippen LogP contribution in [0, 0.1) is 0 Å². The van der Waals surface area contributed by atoms with Crippen LogP contribution in [-0.2, 0) is 0 Å². The maximum absolute atomic E-state index is 10.4. The van der Waals surface area contributed by atoms with E-state index in [2.05, 4.69) is 4.42 Å². The average Bonchev–Trinajstić information content (AvgIpc) is 1.85. The van der Waals surface area contributed by atoms with Crippen LogP contribution in [0.3, 0.4) is 0 Å². The second kappa shape index (κ2) is 2.41. The third-order valence-electron chi connectivity index (χ3n) is 0.923. The highest BCUT2D eigenvalue weighted by Crippen LogP contribution is 1.82. The molecular weight excluding hydrogens is 154 g/mol. The number of carboxylic acid groups (broad SMARTS) is 1. The lowest BCUT2D eigenvalue weighted by molar-refractivity contribution is 0.0687. The van der Waals surface area contributed by atoms with Crippen molar-refractivity contribution >= 4 is 5.97 Å². The molecule has 2 N–H and O–H groups in total. The minimum Gasteiger partial charge on any atom is -0.477 e. The largest absolute Gasteiger partial charge is 0.477 e. The summed E-state index contributed by atoms with van der Waals surface area (Å²) in [7, 11) is 0. The summed E-state index contributed by atoms with van der Waals surface area (Å²) in [6.07, 6.45) is 0. The highest BCUT2D eigenvalue weighted by atomic mass is 16.4. The Morgan fingerprint density at radius 3 is 2.64 bits per heavy atom. The van der Waals surface area contributed by atoms with Gasteiger partial charge in [0.05, 0.1) is 6.07 Å². The second-order valence-corrected chi connectivity index (χ2v) is 1.70. The van der Waals surface area contributed by atoms with Gasteiger partial charge in [0.15, 0.2) is 0 Å². The number of hydrogen-bond acceptors (Lipinski definition) is 4. The molecule has 0 spiro atoms. The predicted octanol–water partition coefficient (Wildman–Crippen LogP) is -0.974. The third kappa shape index (κ3) is 1.54. The monoisotopic (exact) mass is 157 g/mol. The number of nitrogens with one attached hydrogen (secondary N) is 1. The van der Waals surface area contributed by atoms with Crippen LogP contribution in [0.15, 0.2) is 20.1 Å². The molecule has 1 aromatic rings. The van der Waals surface area contributed by atoms with Crippen molar-refractivity contribution in [2.24, 2.45) is 0 Å². The lowest BCUT2D eigenvalue weighted by Gasteiger charge is -1.88. The summed E-state index contributed by atoms with van der Waals surface area (Å²) in [6.45, 7) is 0. The van der Waals surface area contributed by atoms with E-state index in [0.717, 1.165) is 0 Å². The molecule has 0 amide bonds. The Bertz CT molecular complexity index is 358. The van der Waals surface area contributed by atoms with E-state index >= 15 is 0 Å². The molecule has 0 radical (unpaired) electrons. The van der Waals surface area contributed by atoms with Gasteiger partial charge in [0.2, 0.25) is 0 Å². The second-order valence-electron chi connectivity index (χ2n) is 1.70. The van der Waals surface area contributed by atoms with Gasteiger partial charge in [0, 0.05) is 0 Å². The van der Waals surface area contributed by atoms with Crippen LogP contribution >= 0.6 is 0 Å². The standard InChI is InChI=1S/C5H3NO5/c7-3-1-2(4(8)9)6-5(10)11-3/h1H,(H,6,10)(H,8,9). The molecule has 1 heterocycles. The van der Waals surface area contributed by atoms with Crippen LogP contribution in [-0.4, -0.2) is 16.1 Å². The van der Waals surface area contributed by atoms with E-state index in [1.54, 1.807) is 0 Å². The van der Waals surface area contributed by atoms with Crippen LogP contribution in [0.25, 0.3) is 0 Å². The Labute approximate surface area is 59.1 Å². The van der Waals surface area contributed by atoms with E-state index in [-0.39, 0.29) is 0 Å². The highest BCUT2D eigenvalue weighted by Gasteiger charge is 2.04. The van der Waals surface area contributed by atoms with Crippen LogP contribution in [0.5, 0.6) is 0 Å². The molecule has 0 unspecified atom stereocenters. The SMILES string of the molecule is O=C(O)c1cc(=O)oc(=O)[nH]1. The molecule has 1 aromatic heterocycles. The van der Waals surface area contributed by atoms with Crippen LogP contribution in [0.1, 0.15) is 10.5 Å². The van der Waals surface area contributed by atoms with Crippen molar-refractivity contribution in [3.8, 4) is 0 Å². The molecule has 1 rings (SSSR count). The maximum atomic E-state index is 10.4. The summed E-state index contributed by atoms with van der Waals surface area (Å²) in [5.74, 6) is -2.45. The normalized spacial score (nSPS) is 9.45. The van der Waals surface area contributed by atoms with Gasteiger partial charge in [-0.1, -0.05) is 0 Å². The number of aromatic carboxylic acids is 1. The van der Waals surface area contributed by atoms with Crippen LogP contribution in [0.2, 0.25) is 0 Å². The van der Waals surface area contributed by atoms with Crippen LogP contribution < -0.4 is 11.4 Å². The van der Waals surface area contributed by atoms with Crippen molar-refractivity contribution in [2.75, 3.05) is 0 Å². The lowest BCUT2D eigenvalue weighted by atomic mass is 10.4. The number of aromatic nitrogens is 1. The van der Waals surface area contributed by atoms with Gasteiger partial charge in [0.25, 0.3) is 0 Å². The summed E-state index contributed by atoms with van der Waals surface area (Å²) in [6, 6.07) is 0.684. The molecule has 0 aliphatic carbocycles. The average molecular weight is 157 g/mol. The zero-order valence-corrected chi connectivity index (χ0v) is 5.16. The molecule has 0 fully saturated rings. The molecule has 0 bridgehead atoms. The quantitative estimate of drug-likeness (QED) is 0.546. The molecule has 0 aromatic carbocycles. The zero-order chi connectivity index (χ0) is 8.43. The molecular formula is C5H3NO5. The maximum Gasteiger partial charge on any atom is 0.419 e. The molecule has 0 aliphatic rings. The first kappa shape index (κ1) is 7.26. The van der Waals surface area contributed by atoms with Crippen molar-refractivity contribution in [2.45, 2.75) is 0 Å². The Hall–Kier alpha value is -1.85. The van der Waals surface area contributed by atoms with Gasteiger partial charge in [-0.05, 0) is 0 Å². The number of H-pyrrole nitrogens is 1. The van der Waals surface area contributed by atoms with E-state index in [1.807, 2.05) is 4.98 Å². The van der Waals surface area contributed by atoms with Crippen molar-refractivity contribution in [1.29, 1.82) is 0 Å². The van der Waals surface area contributed by atoms with Gasteiger partial charge in [-0.3, -0.25) is 4.98 Å². The number of rotatable bonds is 1. The number of carbonyl (C=O) groups is 1. The number of aromatic amines is 1. The van der Waals surface area contributed by atoms with E-state index < -0.39 is 23.0 Å². The Balaban J connectivity index is 3.42. The summed E-state index contributed by atoms with van der Waals surface area (Å²) < 4.78 is 3.94. The van der Waals surface area contributed by atoms with Crippen molar-refractivity contribution < 1.29 is 14.3 Å². The molecule has 6 heteroatoms. The first-order valence-electron chi connectivity index (χ1n) is 2.57. The summed E-state index contributed by atoms with van der Waals surface area (Å²) in [4.78, 5) is 32.7. The summed E-state index contributed by atoms with van der Waals surface area (Å²) in [5.41, 5.74) is -1.46. The van der Waals surface area contributed by atoms with Crippen LogP contribution in [0.4, 0.5) is 0 Å². The van der Waals surface area contributed by atoms with E-state index in [9.17, 15) is 14.4 Å². The Kier molecular flexibility index (Phi) is 1.59.